The van der Waals surface area contributed by atoms with E-state index in [4.69, 9.17) is 10.6 Å². The van der Waals surface area contributed by atoms with Gasteiger partial charge in [-0.1, -0.05) is 12.1 Å². The van der Waals surface area contributed by atoms with Crippen molar-refractivity contribution in [2.24, 2.45) is 5.84 Å². The number of nitrogens with zero attached hydrogens (tertiary/aromatic N) is 2. The first kappa shape index (κ1) is 12.3. The standard InChI is InChI=1S/C13H14N4OS/c1-18-9-4-2-3-8(5-9)12-15-11-7-19-6-10(11)13(16-12)17-14/h2-5H,6-7,14H2,1H3,(H,15,16,17). The fourth-order valence-corrected chi connectivity index (χ4v) is 3.10. The number of nitrogen functional groups attached to an aromatic ring is 1. The van der Waals surface area contributed by atoms with Crippen LogP contribution in [0.3, 0.4) is 0 Å². The second kappa shape index (κ2) is 5.07. The van der Waals surface area contributed by atoms with E-state index in [0.717, 1.165) is 34.1 Å². The fourth-order valence-electron chi connectivity index (χ4n) is 2.06. The molecule has 1 aromatic heterocycles. The van der Waals surface area contributed by atoms with E-state index in [1.807, 2.05) is 36.0 Å². The van der Waals surface area contributed by atoms with Crippen LogP contribution in [0.5, 0.6) is 5.75 Å². The number of rotatable bonds is 3. The summed E-state index contributed by atoms with van der Waals surface area (Å²) >= 11 is 1.82. The van der Waals surface area contributed by atoms with Gasteiger partial charge < -0.3 is 10.2 Å². The van der Waals surface area contributed by atoms with E-state index >= 15 is 0 Å². The van der Waals surface area contributed by atoms with Crippen LogP contribution in [0, 0.1) is 0 Å². The average Bonchev–Trinajstić information content (AvgIpc) is 2.94. The van der Waals surface area contributed by atoms with Crippen LogP contribution in [0.4, 0.5) is 5.82 Å². The number of fused-ring (bicyclic) bond motifs is 1. The minimum atomic E-state index is 0.674. The van der Waals surface area contributed by atoms with E-state index < -0.39 is 0 Å². The number of hydrogen-bond donors (Lipinski definition) is 2. The molecule has 0 spiro atoms. The van der Waals surface area contributed by atoms with Gasteiger partial charge >= 0.3 is 0 Å². The van der Waals surface area contributed by atoms with Gasteiger partial charge in [0, 0.05) is 22.6 Å². The lowest BCUT2D eigenvalue weighted by Gasteiger charge is -2.09. The Morgan fingerprint density at radius 3 is 3.00 bits per heavy atom. The van der Waals surface area contributed by atoms with E-state index in [2.05, 4.69) is 15.4 Å². The molecule has 0 aliphatic carbocycles. The summed E-state index contributed by atoms with van der Waals surface area (Å²) in [6.07, 6.45) is 0. The lowest BCUT2D eigenvalue weighted by Crippen LogP contribution is -2.12. The Hall–Kier alpha value is -1.79. The Balaban J connectivity index is 2.10. The highest BCUT2D eigenvalue weighted by Crippen LogP contribution is 2.34. The molecule has 0 saturated carbocycles. The number of anilines is 1. The Labute approximate surface area is 115 Å². The summed E-state index contributed by atoms with van der Waals surface area (Å²) in [5.74, 6) is 9.55. The molecule has 0 amide bonds. The maximum Gasteiger partial charge on any atom is 0.161 e. The predicted octanol–water partition coefficient (Wildman–Crippen LogP) is 2.18. The number of hydrazine groups is 1. The van der Waals surface area contributed by atoms with Crippen LogP contribution in [0.1, 0.15) is 11.3 Å². The van der Waals surface area contributed by atoms with Crippen molar-refractivity contribution in [2.45, 2.75) is 11.5 Å². The normalized spacial score (nSPS) is 13.2. The van der Waals surface area contributed by atoms with Crippen molar-refractivity contribution >= 4 is 17.6 Å². The van der Waals surface area contributed by atoms with E-state index in [9.17, 15) is 0 Å². The van der Waals surface area contributed by atoms with Gasteiger partial charge in [-0.3, -0.25) is 0 Å². The summed E-state index contributed by atoms with van der Waals surface area (Å²) in [6, 6.07) is 7.71. The maximum atomic E-state index is 5.55. The summed E-state index contributed by atoms with van der Waals surface area (Å²) in [7, 11) is 1.65. The van der Waals surface area contributed by atoms with Crippen molar-refractivity contribution in [3.05, 3.63) is 35.5 Å². The number of hydrogen-bond acceptors (Lipinski definition) is 6. The quantitative estimate of drug-likeness (QED) is 0.660. The van der Waals surface area contributed by atoms with Crippen LogP contribution in [0.2, 0.25) is 0 Å². The highest BCUT2D eigenvalue weighted by Gasteiger charge is 2.19. The first-order chi connectivity index (χ1) is 9.31. The van der Waals surface area contributed by atoms with E-state index in [0.29, 0.717) is 11.6 Å². The third-order valence-electron chi connectivity index (χ3n) is 3.04. The van der Waals surface area contributed by atoms with Crippen LogP contribution in [-0.2, 0) is 11.5 Å². The topological polar surface area (TPSA) is 73.1 Å². The molecule has 2 heterocycles. The molecule has 2 aromatic rings. The van der Waals surface area contributed by atoms with Crippen molar-refractivity contribution < 1.29 is 4.74 Å². The second-order valence-corrected chi connectivity index (χ2v) is 5.18. The molecule has 0 saturated heterocycles. The predicted molar refractivity (Wildman–Crippen MR) is 76.8 cm³/mol. The molecule has 19 heavy (non-hydrogen) atoms. The molecule has 0 atom stereocenters. The van der Waals surface area contributed by atoms with Gasteiger partial charge in [-0.2, -0.15) is 11.8 Å². The summed E-state index contributed by atoms with van der Waals surface area (Å²) in [4.78, 5) is 9.12. The molecule has 6 heteroatoms. The number of thioether (sulfide) groups is 1. The number of benzene rings is 1. The Bertz CT molecular complexity index is 618. The molecule has 0 unspecified atom stereocenters. The zero-order valence-electron chi connectivity index (χ0n) is 10.5. The number of aromatic nitrogens is 2. The molecule has 1 aliphatic rings. The number of methoxy groups -OCH3 is 1. The van der Waals surface area contributed by atoms with Crippen LogP contribution < -0.4 is 16.0 Å². The van der Waals surface area contributed by atoms with Crippen molar-refractivity contribution in [1.29, 1.82) is 0 Å². The summed E-state index contributed by atoms with van der Waals surface area (Å²) in [5.41, 5.74) is 5.77. The lowest BCUT2D eigenvalue weighted by molar-refractivity contribution is 0.415. The Kier molecular flexibility index (Phi) is 3.27. The monoisotopic (exact) mass is 274 g/mol. The van der Waals surface area contributed by atoms with Crippen molar-refractivity contribution in [3.63, 3.8) is 0 Å². The van der Waals surface area contributed by atoms with Gasteiger partial charge in [-0.05, 0) is 12.1 Å². The molecule has 3 N–H and O–H groups in total. The molecule has 98 valence electrons. The molecule has 1 aliphatic heterocycles. The minimum Gasteiger partial charge on any atom is -0.497 e. The minimum absolute atomic E-state index is 0.674. The van der Waals surface area contributed by atoms with Gasteiger partial charge in [-0.15, -0.1) is 0 Å². The van der Waals surface area contributed by atoms with Crippen LogP contribution in [-0.4, -0.2) is 17.1 Å². The first-order valence-electron chi connectivity index (χ1n) is 5.90. The largest absolute Gasteiger partial charge is 0.497 e. The molecule has 5 nitrogen and oxygen atoms in total. The van der Waals surface area contributed by atoms with Crippen LogP contribution in [0.25, 0.3) is 11.4 Å². The summed E-state index contributed by atoms with van der Waals surface area (Å²) in [6.45, 7) is 0. The number of nitrogens with one attached hydrogen (secondary N) is 1. The Morgan fingerprint density at radius 1 is 1.32 bits per heavy atom. The van der Waals surface area contributed by atoms with E-state index in [1.54, 1.807) is 7.11 Å². The zero-order chi connectivity index (χ0) is 13.2. The fraction of sp³-hybridized carbons (Fsp3) is 0.231. The second-order valence-electron chi connectivity index (χ2n) is 4.19. The molecule has 0 fully saturated rings. The highest BCUT2D eigenvalue weighted by molar-refractivity contribution is 7.98. The first-order valence-corrected chi connectivity index (χ1v) is 7.06. The third-order valence-corrected chi connectivity index (χ3v) is 4.01. The summed E-state index contributed by atoms with van der Waals surface area (Å²) in [5, 5.41) is 0. The van der Waals surface area contributed by atoms with Crippen molar-refractivity contribution in [3.8, 4) is 17.1 Å². The SMILES string of the molecule is COc1cccc(-c2nc3c(c(NN)n2)CSC3)c1. The van der Waals surface area contributed by atoms with Crippen LogP contribution in [0.15, 0.2) is 24.3 Å². The summed E-state index contributed by atoms with van der Waals surface area (Å²) < 4.78 is 5.23. The van der Waals surface area contributed by atoms with Crippen molar-refractivity contribution in [1.82, 2.24) is 9.97 Å². The van der Waals surface area contributed by atoms with Gasteiger partial charge in [0.2, 0.25) is 0 Å². The molecule has 0 bridgehead atoms. The molecule has 0 radical (unpaired) electrons. The van der Waals surface area contributed by atoms with Gasteiger partial charge in [0.05, 0.1) is 12.8 Å². The van der Waals surface area contributed by atoms with E-state index in [1.165, 1.54) is 0 Å². The molecular formula is C13H14N4OS. The van der Waals surface area contributed by atoms with Gasteiger partial charge in [0.25, 0.3) is 0 Å². The zero-order valence-corrected chi connectivity index (χ0v) is 11.3. The lowest BCUT2D eigenvalue weighted by atomic mass is 10.1. The number of nitrogens with two attached hydrogens (primary N) is 1. The van der Waals surface area contributed by atoms with Gasteiger partial charge in [0.1, 0.15) is 11.6 Å². The molecular weight excluding hydrogens is 260 g/mol. The smallest absolute Gasteiger partial charge is 0.161 e. The highest BCUT2D eigenvalue weighted by atomic mass is 32.2. The third kappa shape index (κ3) is 2.24. The number of ether oxygens (including phenoxy) is 1. The van der Waals surface area contributed by atoms with E-state index in [-0.39, 0.29) is 0 Å². The molecule has 3 rings (SSSR count). The van der Waals surface area contributed by atoms with Gasteiger partial charge in [0.15, 0.2) is 5.82 Å². The van der Waals surface area contributed by atoms with Crippen molar-refractivity contribution in [2.75, 3.05) is 12.5 Å². The average molecular weight is 274 g/mol. The molecule has 1 aromatic carbocycles. The maximum absolute atomic E-state index is 5.55. The Morgan fingerprint density at radius 2 is 2.21 bits per heavy atom. The van der Waals surface area contributed by atoms with Crippen LogP contribution >= 0.6 is 11.8 Å². The van der Waals surface area contributed by atoms with Gasteiger partial charge in [-0.25, -0.2) is 15.8 Å².